The summed E-state index contributed by atoms with van der Waals surface area (Å²) in [6, 6.07) is 11.1. The second kappa shape index (κ2) is 6.70. The first kappa shape index (κ1) is 14.1. The van der Waals surface area contributed by atoms with E-state index in [4.69, 9.17) is 0 Å². The molecular formula is C16H19N3O. The molecule has 0 aliphatic heterocycles. The van der Waals surface area contributed by atoms with Crippen molar-refractivity contribution in [3.05, 3.63) is 53.7 Å². The van der Waals surface area contributed by atoms with Crippen LogP contribution in [0, 0.1) is 6.92 Å². The number of hydrogen-bond donors (Lipinski definition) is 2. The van der Waals surface area contributed by atoms with E-state index in [0.29, 0.717) is 11.4 Å². The normalized spacial score (nSPS) is 10.1. The van der Waals surface area contributed by atoms with E-state index in [2.05, 4.69) is 22.5 Å². The Balaban J connectivity index is 2.00. The molecule has 0 radical (unpaired) electrons. The molecule has 2 aromatic rings. The summed E-state index contributed by atoms with van der Waals surface area (Å²) in [6.45, 7) is 5.00. The van der Waals surface area contributed by atoms with Crippen molar-refractivity contribution < 1.29 is 4.79 Å². The lowest BCUT2D eigenvalue weighted by atomic mass is 10.2. The van der Waals surface area contributed by atoms with Crippen molar-refractivity contribution >= 4 is 17.4 Å². The zero-order chi connectivity index (χ0) is 14.4. The third-order valence-corrected chi connectivity index (χ3v) is 2.88. The van der Waals surface area contributed by atoms with E-state index in [0.717, 1.165) is 24.2 Å². The molecule has 2 rings (SSSR count). The van der Waals surface area contributed by atoms with Gasteiger partial charge in [0.15, 0.2) is 0 Å². The first-order valence-corrected chi connectivity index (χ1v) is 6.77. The number of carbonyl (C=O) groups excluding carboxylic acids is 1. The van der Waals surface area contributed by atoms with Crippen molar-refractivity contribution in [2.75, 3.05) is 17.2 Å². The number of rotatable bonds is 5. The van der Waals surface area contributed by atoms with E-state index in [-0.39, 0.29) is 5.91 Å². The molecule has 2 N–H and O–H groups in total. The summed E-state index contributed by atoms with van der Waals surface area (Å²) in [6.07, 6.45) is 2.80. The van der Waals surface area contributed by atoms with Crippen LogP contribution in [-0.2, 0) is 0 Å². The van der Waals surface area contributed by atoms with Gasteiger partial charge in [-0.25, -0.2) is 4.98 Å². The van der Waals surface area contributed by atoms with Crippen LogP contribution in [0.15, 0.2) is 42.6 Å². The van der Waals surface area contributed by atoms with E-state index < -0.39 is 0 Å². The van der Waals surface area contributed by atoms with Crippen LogP contribution in [0.3, 0.4) is 0 Å². The molecule has 0 spiro atoms. The molecule has 1 heterocycles. The lowest BCUT2D eigenvalue weighted by Crippen LogP contribution is -2.13. The van der Waals surface area contributed by atoms with E-state index in [1.165, 1.54) is 0 Å². The number of aromatic nitrogens is 1. The van der Waals surface area contributed by atoms with Gasteiger partial charge in [-0.3, -0.25) is 4.79 Å². The molecule has 0 unspecified atom stereocenters. The molecule has 4 nitrogen and oxygen atoms in total. The summed E-state index contributed by atoms with van der Waals surface area (Å²) < 4.78 is 0. The van der Waals surface area contributed by atoms with Gasteiger partial charge in [-0.2, -0.15) is 0 Å². The molecule has 0 atom stereocenters. The maximum absolute atomic E-state index is 12.1. The predicted octanol–water partition coefficient (Wildman–Crippen LogP) is 3.46. The third-order valence-electron chi connectivity index (χ3n) is 2.88. The third kappa shape index (κ3) is 3.82. The predicted molar refractivity (Wildman–Crippen MR) is 82.1 cm³/mol. The molecule has 0 aliphatic rings. The van der Waals surface area contributed by atoms with Crippen LogP contribution in [0.2, 0.25) is 0 Å². The first-order chi connectivity index (χ1) is 9.69. The number of nitrogens with zero attached hydrogens (tertiary/aromatic N) is 1. The van der Waals surface area contributed by atoms with E-state index in [9.17, 15) is 4.79 Å². The molecule has 0 saturated carbocycles. The fourth-order valence-electron chi connectivity index (χ4n) is 1.74. The minimum absolute atomic E-state index is 0.150. The lowest BCUT2D eigenvalue weighted by Gasteiger charge is -2.07. The molecule has 4 heteroatoms. The second-order valence-corrected chi connectivity index (χ2v) is 4.68. The lowest BCUT2D eigenvalue weighted by molar-refractivity contribution is 0.102. The van der Waals surface area contributed by atoms with Gasteiger partial charge in [-0.15, -0.1) is 0 Å². The molecule has 0 saturated heterocycles. The molecule has 1 aromatic heterocycles. The van der Waals surface area contributed by atoms with Gasteiger partial charge in [0.1, 0.15) is 5.82 Å². The van der Waals surface area contributed by atoms with Crippen molar-refractivity contribution in [3.8, 4) is 0 Å². The van der Waals surface area contributed by atoms with Crippen LogP contribution in [0.5, 0.6) is 0 Å². The maximum Gasteiger partial charge on any atom is 0.256 e. The average Bonchev–Trinajstić information content (AvgIpc) is 2.48. The Hall–Kier alpha value is -2.36. The van der Waals surface area contributed by atoms with Crippen molar-refractivity contribution in [3.63, 3.8) is 0 Å². The summed E-state index contributed by atoms with van der Waals surface area (Å²) in [4.78, 5) is 16.2. The number of benzene rings is 1. The fraction of sp³-hybridized carbons (Fsp3) is 0.250. The van der Waals surface area contributed by atoms with E-state index in [1.54, 1.807) is 12.3 Å². The molecule has 20 heavy (non-hydrogen) atoms. The zero-order valence-electron chi connectivity index (χ0n) is 11.8. The minimum Gasteiger partial charge on any atom is -0.385 e. The van der Waals surface area contributed by atoms with Crippen LogP contribution in [0.1, 0.15) is 29.3 Å². The first-order valence-electron chi connectivity index (χ1n) is 6.77. The molecular weight excluding hydrogens is 250 g/mol. The molecule has 1 aromatic carbocycles. The SMILES string of the molecule is CCCNc1ccc(C(=O)Nc2ccc(C)cn2)cc1. The van der Waals surface area contributed by atoms with E-state index in [1.807, 2.05) is 37.3 Å². The Morgan fingerprint density at radius 3 is 2.50 bits per heavy atom. The van der Waals surface area contributed by atoms with E-state index >= 15 is 0 Å². The maximum atomic E-state index is 12.1. The Kier molecular flexibility index (Phi) is 4.71. The second-order valence-electron chi connectivity index (χ2n) is 4.68. The van der Waals surface area contributed by atoms with Crippen molar-refractivity contribution in [1.29, 1.82) is 0 Å². The van der Waals surface area contributed by atoms with Crippen molar-refractivity contribution in [2.45, 2.75) is 20.3 Å². The Labute approximate surface area is 119 Å². The Morgan fingerprint density at radius 2 is 1.90 bits per heavy atom. The number of carbonyl (C=O) groups is 1. The number of hydrogen-bond acceptors (Lipinski definition) is 3. The largest absolute Gasteiger partial charge is 0.385 e. The molecule has 0 aliphatic carbocycles. The quantitative estimate of drug-likeness (QED) is 0.874. The van der Waals surface area contributed by atoms with Crippen LogP contribution in [0.4, 0.5) is 11.5 Å². The average molecular weight is 269 g/mol. The highest BCUT2D eigenvalue weighted by Gasteiger charge is 2.06. The van der Waals surface area contributed by atoms with Gasteiger partial charge in [-0.1, -0.05) is 13.0 Å². The summed E-state index contributed by atoms with van der Waals surface area (Å²) >= 11 is 0. The van der Waals surface area contributed by atoms with Gasteiger partial charge in [0.05, 0.1) is 0 Å². The molecule has 104 valence electrons. The number of anilines is 2. The summed E-state index contributed by atoms with van der Waals surface area (Å²) in [7, 11) is 0. The minimum atomic E-state index is -0.150. The van der Waals surface area contributed by atoms with Gasteiger partial charge in [0.25, 0.3) is 5.91 Å². The highest BCUT2D eigenvalue weighted by Crippen LogP contribution is 2.11. The Bertz CT molecular complexity index is 561. The summed E-state index contributed by atoms with van der Waals surface area (Å²) in [5.74, 6) is 0.414. The zero-order valence-corrected chi connectivity index (χ0v) is 11.8. The van der Waals surface area contributed by atoms with Crippen LogP contribution >= 0.6 is 0 Å². The topological polar surface area (TPSA) is 54.0 Å². The van der Waals surface area contributed by atoms with Crippen LogP contribution in [-0.4, -0.2) is 17.4 Å². The highest BCUT2D eigenvalue weighted by molar-refractivity contribution is 6.03. The monoisotopic (exact) mass is 269 g/mol. The summed E-state index contributed by atoms with van der Waals surface area (Å²) in [5.41, 5.74) is 2.71. The van der Waals surface area contributed by atoms with Crippen molar-refractivity contribution in [1.82, 2.24) is 4.98 Å². The van der Waals surface area contributed by atoms with Crippen molar-refractivity contribution in [2.24, 2.45) is 0 Å². The van der Waals surface area contributed by atoms with Gasteiger partial charge >= 0.3 is 0 Å². The summed E-state index contributed by atoms with van der Waals surface area (Å²) in [5, 5.41) is 6.05. The molecule has 1 amide bonds. The van der Waals surface area contributed by atoms with Crippen LogP contribution in [0.25, 0.3) is 0 Å². The fourth-order valence-corrected chi connectivity index (χ4v) is 1.74. The standard InChI is InChI=1S/C16H19N3O/c1-3-10-17-14-7-5-13(6-8-14)16(20)19-15-9-4-12(2)11-18-15/h4-9,11,17H,3,10H2,1-2H3,(H,18,19,20). The smallest absolute Gasteiger partial charge is 0.256 e. The van der Waals surface area contributed by atoms with Crippen LogP contribution < -0.4 is 10.6 Å². The van der Waals surface area contributed by atoms with Gasteiger partial charge < -0.3 is 10.6 Å². The van der Waals surface area contributed by atoms with Gasteiger partial charge in [0.2, 0.25) is 0 Å². The van der Waals surface area contributed by atoms with Gasteiger partial charge in [0, 0.05) is 24.0 Å². The number of pyridine rings is 1. The number of amides is 1. The molecule has 0 fully saturated rings. The molecule has 0 bridgehead atoms. The number of nitrogens with one attached hydrogen (secondary N) is 2. The Morgan fingerprint density at radius 1 is 1.15 bits per heavy atom. The highest BCUT2D eigenvalue weighted by atomic mass is 16.1. The number of aryl methyl sites for hydroxylation is 1. The van der Waals surface area contributed by atoms with Gasteiger partial charge in [-0.05, 0) is 49.2 Å².